The first kappa shape index (κ1) is 31.7. The van der Waals surface area contributed by atoms with Crippen LogP contribution in [0.15, 0.2) is 17.5 Å². The van der Waals surface area contributed by atoms with E-state index in [2.05, 4.69) is 41.3 Å². The summed E-state index contributed by atoms with van der Waals surface area (Å²) in [4.78, 5) is 31.8. The number of benzene rings is 1. The first-order valence-corrected chi connectivity index (χ1v) is 11.3. The Hall–Kier alpha value is -2.27. The van der Waals surface area contributed by atoms with Crippen molar-refractivity contribution >= 4 is 53.1 Å². The van der Waals surface area contributed by atoms with Gasteiger partial charge in [-0.3, -0.25) is 19.8 Å². The van der Waals surface area contributed by atoms with Crippen LogP contribution in [0.2, 0.25) is 0 Å². The van der Waals surface area contributed by atoms with E-state index < -0.39 is 5.91 Å². The van der Waals surface area contributed by atoms with Crippen molar-refractivity contribution in [3.05, 3.63) is 28.8 Å². The fourth-order valence-corrected chi connectivity index (χ4v) is 3.81. The molecule has 0 atom stereocenters. The van der Waals surface area contributed by atoms with E-state index in [0.717, 1.165) is 19.5 Å². The highest BCUT2D eigenvalue weighted by Crippen LogP contribution is 2.35. The van der Waals surface area contributed by atoms with Crippen LogP contribution >= 0.6 is 36.2 Å². The zero-order valence-electron chi connectivity index (χ0n) is 20.3. The second-order valence-corrected chi connectivity index (χ2v) is 8.14. The number of hydrogen-bond donors (Lipinski definition) is 2. The average Bonchev–Trinajstić information content (AvgIpc) is 3.25. The van der Waals surface area contributed by atoms with Gasteiger partial charge >= 0.3 is 0 Å². The molecule has 0 aliphatic carbocycles. The minimum Gasteiger partial charge on any atom is -0.496 e. The molecule has 1 aromatic carbocycles. The van der Waals surface area contributed by atoms with Gasteiger partial charge < -0.3 is 19.5 Å². The Balaban J connectivity index is 0.00000544. The third kappa shape index (κ3) is 8.50. The van der Waals surface area contributed by atoms with Crippen molar-refractivity contribution in [1.29, 1.82) is 0 Å². The lowest BCUT2D eigenvalue weighted by Crippen LogP contribution is -2.39. The van der Waals surface area contributed by atoms with Crippen molar-refractivity contribution in [2.45, 2.75) is 33.2 Å². The minimum absolute atomic E-state index is 0. The Morgan fingerprint density at radius 3 is 2.18 bits per heavy atom. The SMILES string of the molecule is CCCN(CCNC(=O)c1csc(NC(=O)c2cc(OC)c(OC)cc2OC)n1)C(C)C.Cl.Cl. The molecule has 2 amide bonds. The molecule has 0 saturated heterocycles. The molecular formula is C22H34Cl2N4O5S. The second-order valence-electron chi connectivity index (χ2n) is 7.29. The zero-order chi connectivity index (χ0) is 23.7. The lowest BCUT2D eigenvalue weighted by Gasteiger charge is -2.25. The molecular weight excluding hydrogens is 503 g/mol. The number of amides is 2. The van der Waals surface area contributed by atoms with Crippen LogP contribution in [0.25, 0.3) is 0 Å². The molecule has 0 bridgehead atoms. The van der Waals surface area contributed by atoms with Crippen molar-refractivity contribution in [3.8, 4) is 17.2 Å². The standard InChI is InChI=1S/C22H32N4O5S.2ClH/c1-7-9-26(14(2)3)10-8-23-21(28)16-13-32-22(24-16)25-20(27)15-11-18(30-5)19(31-6)12-17(15)29-4;;/h11-14H,7-10H2,1-6H3,(H,23,28)(H,24,25,27);2*1H. The Morgan fingerprint density at radius 1 is 1.00 bits per heavy atom. The van der Waals surface area contributed by atoms with Crippen molar-refractivity contribution in [3.63, 3.8) is 0 Å². The summed E-state index contributed by atoms with van der Waals surface area (Å²) in [5, 5.41) is 7.52. The zero-order valence-corrected chi connectivity index (χ0v) is 22.7. The van der Waals surface area contributed by atoms with E-state index in [9.17, 15) is 9.59 Å². The predicted molar refractivity (Wildman–Crippen MR) is 140 cm³/mol. The van der Waals surface area contributed by atoms with Gasteiger partial charge in [0.15, 0.2) is 16.6 Å². The summed E-state index contributed by atoms with van der Waals surface area (Å²) < 4.78 is 15.8. The Labute approximate surface area is 217 Å². The van der Waals surface area contributed by atoms with E-state index in [1.165, 1.54) is 38.7 Å². The van der Waals surface area contributed by atoms with Gasteiger partial charge in [-0.15, -0.1) is 36.2 Å². The highest BCUT2D eigenvalue weighted by atomic mass is 35.5. The molecule has 0 saturated carbocycles. The number of rotatable bonds is 12. The number of carbonyl (C=O) groups excluding carboxylic acids is 2. The Kier molecular flexibility index (Phi) is 14.6. The van der Waals surface area contributed by atoms with E-state index in [-0.39, 0.29) is 42.0 Å². The predicted octanol–water partition coefficient (Wildman–Crippen LogP) is 4.12. The first-order valence-electron chi connectivity index (χ1n) is 10.4. The number of anilines is 1. The van der Waals surface area contributed by atoms with Gasteiger partial charge in [-0.05, 0) is 26.8 Å². The molecule has 0 aliphatic rings. The minimum atomic E-state index is -0.434. The third-order valence-corrected chi connectivity index (χ3v) is 5.59. The smallest absolute Gasteiger partial charge is 0.270 e. The summed E-state index contributed by atoms with van der Waals surface area (Å²) in [6, 6.07) is 3.53. The van der Waals surface area contributed by atoms with E-state index in [1.807, 2.05) is 0 Å². The Bertz CT molecular complexity index is 927. The van der Waals surface area contributed by atoms with Crippen LogP contribution in [0, 0.1) is 0 Å². The number of nitrogens with zero attached hydrogens (tertiary/aromatic N) is 2. The molecule has 0 spiro atoms. The fraction of sp³-hybridized carbons (Fsp3) is 0.500. The molecule has 9 nitrogen and oxygen atoms in total. The molecule has 12 heteroatoms. The van der Waals surface area contributed by atoms with Crippen LogP contribution in [0.4, 0.5) is 5.13 Å². The maximum atomic E-state index is 12.8. The molecule has 2 rings (SSSR count). The van der Waals surface area contributed by atoms with Crippen molar-refractivity contribution in [2.24, 2.45) is 0 Å². The second kappa shape index (κ2) is 15.6. The van der Waals surface area contributed by atoms with Crippen LogP contribution in [0.1, 0.15) is 48.0 Å². The summed E-state index contributed by atoms with van der Waals surface area (Å²) in [6.45, 7) is 8.69. The largest absolute Gasteiger partial charge is 0.496 e. The van der Waals surface area contributed by atoms with Crippen molar-refractivity contribution in [1.82, 2.24) is 15.2 Å². The summed E-state index contributed by atoms with van der Waals surface area (Å²) >= 11 is 1.17. The molecule has 0 radical (unpaired) electrons. The quantitative estimate of drug-likeness (QED) is 0.420. The van der Waals surface area contributed by atoms with Gasteiger partial charge in [-0.1, -0.05) is 6.92 Å². The van der Waals surface area contributed by atoms with Gasteiger partial charge in [0.05, 0.1) is 26.9 Å². The number of aromatic nitrogens is 1. The van der Waals surface area contributed by atoms with Gasteiger partial charge in [0.2, 0.25) is 0 Å². The van der Waals surface area contributed by atoms with E-state index in [1.54, 1.807) is 11.4 Å². The molecule has 2 N–H and O–H groups in total. The lowest BCUT2D eigenvalue weighted by atomic mass is 10.1. The molecule has 1 aromatic heterocycles. The van der Waals surface area contributed by atoms with Crippen LogP contribution in [0.3, 0.4) is 0 Å². The molecule has 34 heavy (non-hydrogen) atoms. The maximum Gasteiger partial charge on any atom is 0.270 e. The third-order valence-electron chi connectivity index (χ3n) is 4.83. The molecule has 0 unspecified atom stereocenters. The highest BCUT2D eigenvalue weighted by Gasteiger charge is 2.20. The van der Waals surface area contributed by atoms with Crippen LogP contribution in [-0.2, 0) is 0 Å². The summed E-state index contributed by atoms with van der Waals surface area (Å²) in [7, 11) is 4.45. The van der Waals surface area contributed by atoms with Gasteiger partial charge in [-0.2, -0.15) is 0 Å². The van der Waals surface area contributed by atoms with E-state index in [4.69, 9.17) is 14.2 Å². The number of carbonyl (C=O) groups is 2. The summed E-state index contributed by atoms with van der Waals surface area (Å²) in [5.41, 5.74) is 0.521. The summed E-state index contributed by atoms with van der Waals surface area (Å²) in [5.74, 6) is 0.471. The number of halogens is 2. The van der Waals surface area contributed by atoms with Crippen molar-refractivity contribution < 1.29 is 23.8 Å². The van der Waals surface area contributed by atoms with Gasteiger partial charge in [0, 0.05) is 36.6 Å². The van der Waals surface area contributed by atoms with Crippen molar-refractivity contribution in [2.75, 3.05) is 46.3 Å². The van der Waals surface area contributed by atoms with Crippen LogP contribution in [0.5, 0.6) is 17.2 Å². The average molecular weight is 538 g/mol. The topological polar surface area (TPSA) is 102 Å². The molecule has 0 fully saturated rings. The first-order chi connectivity index (χ1) is 15.3. The maximum absolute atomic E-state index is 12.8. The number of hydrogen-bond acceptors (Lipinski definition) is 8. The van der Waals surface area contributed by atoms with Crippen LogP contribution < -0.4 is 24.8 Å². The fourth-order valence-electron chi connectivity index (χ4n) is 3.13. The molecule has 1 heterocycles. The lowest BCUT2D eigenvalue weighted by molar-refractivity contribution is 0.0939. The highest BCUT2D eigenvalue weighted by molar-refractivity contribution is 7.14. The molecule has 192 valence electrons. The van der Waals surface area contributed by atoms with Gasteiger partial charge in [0.25, 0.3) is 11.8 Å². The Morgan fingerprint density at radius 2 is 1.62 bits per heavy atom. The monoisotopic (exact) mass is 536 g/mol. The number of thiazole rings is 1. The molecule has 0 aliphatic heterocycles. The normalized spacial score (nSPS) is 10.2. The van der Waals surface area contributed by atoms with E-state index >= 15 is 0 Å². The molecule has 2 aromatic rings. The summed E-state index contributed by atoms with van der Waals surface area (Å²) in [6.07, 6.45) is 1.06. The van der Waals surface area contributed by atoms with Crippen LogP contribution in [-0.4, -0.2) is 68.7 Å². The number of methoxy groups -OCH3 is 3. The van der Waals surface area contributed by atoms with E-state index in [0.29, 0.717) is 35.0 Å². The van der Waals surface area contributed by atoms with Gasteiger partial charge in [0.1, 0.15) is 11.4 Å². The number of nitrogens with one attached hydrogen (secondary N) is 2. The van der Waals surface area contributed by atoms with Gasteiger partial charge in [-0.25, -0.2) is 4.98 Å². The number of ether oxygens (including phenoxy) is 3.